The second-order valence-electron chi connectivity index (χ2n) is 4.84. The fraction of sp³-hybridized carbons (Fsp3) is 0.769. The Balaban J connectivity index is 1.80. The van der Waals surface area contributed by atoms with Crippen molar-refractivity contribution >= 4 is 5.96 Å². The van der Waals surface area contributed by atoms with Gasteiger partial charge in [0.15, 0.2) is 11.8 Å². The molecule has 0 spiro atoms. The lowest BCUT2D eigenvalue weighted by atomic mass is 10.2. The molecule has 7 heteroatoms. The molecule has 0 amide bonds. The molecule has 1 aliphatic rings. The molecular weight excluding hydrogens is 256 g/mol. The van der Waals surface area contributed by atoms with Gasteiger partial charge in [-0.3, -0.25) is 4.99 Å². The minimum absolute atomic E-state index is 0.650. The van der Waals surface area contributed by atoms with Crippen LogP contribution in [0.5, 0.6) is 0 Å². The molecule has 7 nitrogen and oxygen atoms in total. The lowest BCUT2D eigenvalue weighted by Crippen LogP contribution is -2.38. The van der Waals surface area contributed by atoms with Gasteiger partial charge in [-0.2, -0.15) is 0 Å². The van der Waals surface area contributed by atoms with E-state index < -0.39 is 0 Å². The molecule has 1 aromatic rings. The number of fused-ring (bicyclic) bond motifs is 1. The number of nitrogens with zero attached hydrogens (tertiary/aromatic N) is 4. The Hall–Kier alpha value is -1.63. The topological polar surface area (TPSA) is 76.4 Å². The number of rotatable bonds is 6. The van der Waals surface area contributed by atoms with Gasteiger partial charge in [-0.1, -0.05) is 0 Å². The first-order valence-electron chi connectivity index (χ1n) is 7.19. The van der Waals surface area contributed by atoms with Gasteiger partial charge in [0, 0.05) is 40.3 Å². The molecule has 2 heterocycles. The van der Waals surface area contributed by atoms with Crippen molar-refractivity contribution in [3.63, 3.8) is 0 Å². The third-order valence-electron chi connectivity index (χ3n) is 3.39. The Morgan fingerprint density at radius 1 is 1.35 bits per heavy atom. The van der Waals surface area contributed by atoms with Crippen LogP contribution in [0.15, 0.2) is 4.99 Å². The van der Waals surface area contributed by atoms with Crippen LogP contribution in [-0.4, -0.2) is 48.0 Å². The molecule has 2 N–H and O–H groups in total. The lowest BCUT2D eigenvalue weighted by Gasteiger charge is -2.16. The third-order valence-corrected chi connectivity index (χ3v) is 3.39. The predicted molar refractivity (Wildman–Crippen MR) is 77.7 cm³/mol. The first-order valence-corrected chi connectivity index (χ1v) is 7.19. The second-order valence-corrected chi connectivity index (χ2v) is 4.84. The SMILES string of the molecule is CN=C(NCCCOC)NCc1nnc2n1CCCC2. The number of guanidine groups is 1. The Morgan fingerprint density at radius 2 is 2.25 bits per heavy atom. The van der Waals surface area contributed by atoms with Gasteiger partial charge in [-0.25, -0.2) is 0 Å². The molecule has 1 aliphatic heterocycles. The number of hydrogen-bond acceptors (Lipinski definition) is 4. The van der Waals surface area contributed by atoms with E-state index in [1.165, 1.54) is 12.8 Å². The van der Waals surface area contributed by atoms with Gasteiger partial charge in [-0.05, 0) is 19.3 Å². The first kappa shape index (κ1) is 14.8. The van der Waals surface area contributed by atoms with Crippen LogP contribution in [0.1, 0.15) is 30.9 Å². The summed E-state index contributed by atoms with van der Waals surface area (Å²) in [5, 5.41) is 15.0. The number of methoxy groups -OCH3 is 1. The van der Waals surface area contributed by atoms with E-state index in [0.717, 1.165) is 50.1 Å². The Kier molecular flexibility index (Phi) is 5.79. The largest absolute Gasteiger partial charge is 0.385 e. The van der Waals surface area contributed by atoms with Crippen LogP contribution < -0.4 is 10.6 Å². The van der Waals surface area contributed by atoms with E-state index in [1.807, 2.05) is 0 Å². The molecule has 0 fully saturated rings. The number of aryl methyl sites for hydroxylation is 1. The zero-order valence-corrected chi connectivity index (χ0v) is 12.4. The molecule has 20 heavy (non-hydrogen) atoms. The van der Waals surface area contributed by atoms with Crippen molar-refractivity contribution in [3.8, 4) is 0 Å². The van der Waals surface area contributed by atoms with Crippen molar-refractivity contribution in [2.75, 3.05) is 27.3 Å². The van der Waals surface area contributed by atoms with E-state index in [4.69, 9.17) is 4.74 Å². The average molecular weight is 280 g/mol. The van der Waals surface area contributed by atoms with Crippen LogP contribution in [-0.2, 0) is 24.2 Å². The van der Waals surface area contributed by atoms with Crippen LogP contribution in [0.4, 0.5) is 0 Å². The van der Waals surface area contributed by atoms with Gasteiger partial charge >= 0.3 is 0 Å². The van der Waals surface area contributed by atoms with Crippen LogP contribution >= 0.6 is 0 Å². The molecule has 0 aromatic carbocycles. The molecule has 2 rings (SSSR count). The summed E-state index contributed by atoms with van der Waals surface area (Å²) in [5.74, 6) is 2.88. The number of ether oxygens (including phenoxy) is 1. The zero-order valence-electron chi connectivity index (χ0n) is 12.4. The number of aromatic nitrogens is 3. The zero-order chi connectivity index (χ0) is 14.2. The highest BCUT2D eigenvalue weighted by Gasteiger charge is 2.15. The second kappa shape index (κ2) is 7.84. The summed E-state index contributed by atoms with van der Waals surface area (Å²) in [6, 6.07) is 0. The Labute approximate surface area is 119 Å². The molecule has 0 atom stereocenters. The molecule has 0 radical (unpaired) electrons. The maximum Gasteiger partial charge on any atom is 0.191 e. The monoisotopic (exact) mass is 280 g/mol. The number of aliphatic imine (C=N–C) groups is 1. The number of hydrogen-bond donors (Lipinski definition) is 2. The van der Waals surface area contributed by atoms with Crippen molar-refractivity contribution in [1.29, 1.82) is 0 Å². The average Bonchev–Trinajstić information content (AvgIpc) is 2.90. The van der Waals surface area contributed by atoms with E-state index in [1.54, 1.807) is 14.2 Å². The molecular formula is C13H24N6O. The standard InChI is InChI=1S/C13H24N6O/c1-14-13(15-7-5-9-20-2)16-10-12-18-17-11-6-3-4-8-19(11)12/h3-10H2,1-2H3,(H2,14,15,16). The Morgan fingerprint density at radius 3 is 3.05 bits per heavy atom. The van der Waals surface area contributed by atoms with E-state index in [-0.39, 0.29) is 0 Å². The summed E-state index contributed by atoms with van der Waals surface area (Å²) >= 11 is 0. The quantitative estimate of drug-likeness (QED) is 0.446. The van der Waals surface area contributed by atoms with Gasteiger partial charge < -0.3 is 19.9 Å². The normalized spacial score (nSPS) is 15.0. The van der Waals surface area contributed by atoms with Crippen molar-refractivity contribution in [2.45, 2.75) is 38.8 Å². The Bertz CT molecular complexity index is 442. The summed E-state index contributed by atoms with van der Waals surface area (Å²) in [4.78, 5) is 4.19. The smallest absolute Gasteiger partial charge is 0.191 e. The highest BCUT2D eigenvalue weighted by molar-refractivity contribution is 5.79. The van der Waals surface area contributed by atoms with E-state index in [9.17, 15) is 0 Å². The molecule has 0 bridgehead atoms. The summed E-state index contributed by atoms with van der Waals surface area (Å²) < 4.78 is 7.23. The molecule has 112 valence electrons. The molecule has 0 saturated heterocycles. The lowest BCUT2D eigenvalue weighted by molar-refractivity contribution is 0.195. The van der Waals surface area contributed by atoms with Crippen LogP contribution in [0.25, 0.3) is 0 Å². The third kappa shape index (κ3) is 3.93. The van der Waals surface area contributed by atoms with E-state index in [2.05, 4.69) is 30.4 Å². The minimum atomic E-state index is 0.650. The van der Waals surface area contributed by atoms with Gasteiger partial charge in [0.1, 0.15) is 5.82 Å². The molecule has 0 aliphatic carbocycles. The van der Waals surface area contributed by atoms with Crippen LogP contribution in [0, 0.1) is 0 Å². The van der Waals surface area contributed by atoms with Crippen molar-refractivity contribution in [1.82, 2.24) is 25.4 Å². The van der Waals surface area contributed by atoms with Crippen molar-refractivity contribution in [2.24, 2.45) is 4.99 Å². The summed E-state index contributed by atoms with van der Waals surface area (Å²) in [6.45, 7) is 3.27. The van der Waals surface area contributed by atoms with Crippen LogP contribution in [0.2, 0.25) is 0 Å². The van der Waals surface area contributed by atoms with Gasteiger partial charge in [0.05, 0.1) is 6.54 Å². The van der Waals surface area contributed by atoms with Gasteiger partial charge in [0.25, 0.3) is 0 Å². The predicted octanol–water partition coefficient (Wildman–Crippen LogP) is 0.316. The fourth-order valence-electron chi connectivity index (χ4n) is 2.31. The minimum Gasteiger partial charge on any atom is -0.385 e. The molecule has 0 saturated carbocycles. The highest BCUT2D eigenvalue weighted by Crippen LogP contribution is 2.13. The first-order chi connectivity index (χ1) is 9.85. The van der Waals surface area contributed by atoms with Crippen molar-refractivity contribution in [3.05, 3.63) is 11.6 Å². The molecule has 0 unspecified atom stereocenters. The maximum absolute atomic E-state index is 5.02. The molecule has 1 aromatic heterocycles. The highest BCUT2D eigenvalue weighted by atomic mass is 16.5. The number of nitrogens with one attached hydrogen (secondary N) is 2. The van der Waals surface area contributed by atoms with Crippen molar-refractivity contribution < 1.29 is 4.74 Å². The summed E-state index contributed by atoms with van der Waals surface area (Å²) in [6.07, 6.45) is 4.42. The summed E-state index contributed by atoms with van der Waals surface area (Å²) in [5.41, 5.74) is 0. The van der Waals surface area contributed by atoms with Crippen LogP contribution in [0.3, 0.4) is 0 Å². The fourth-order valence-corrected chi connectivity index (χ4v) is 2.31. The van der Waals surface area contributed by atoms with E-state index >= 15 is 0 Å². The summed E-state index contributed by atoms with van der Waals surface area (Å²) in [7, 11) is 3.48. The van der Waals surface area contributed by atoms with Gasteiger partial charge in [-0.15, -0.1) is 10.2 Å². The van der Waals surface area contributed by atoms with E-state index in [0.29, 0.717) is 6.54 Å². The maximum atomic E-state index is 5.02. The van der Waals surface area contributed by atoms with Gasteiger partial charge in [0.2, 0.25) is 0 Å².